The first-order chi connectivity index (χ1) is 8.43. The lowest BCUT2D eigenvalue weighted by atomic mass is 9.99. The molecule has 0 amide bonds. The van der Waals surface area contributed by atoms with Crippen LogP contribution in [0.2, 0.25) is 5.02 Å². The van der Waals surface area contributed by atoms with E-state index in [0.717, 1.165) is 0 Å². The van der Waals surface area contributed by atoms with E-state index in [1.165, 1.54) is 22.8 Å². The van der Waals surface area contributed by atoms with Crippen LogP contribution in [0.1, 0.15) is 13.3 Å². The molecule has 0 spiro atoms. The number of hydrogen-bond acceptors (Lipinski definition) is 4. The Labute approximate surface area is 111 Å². The summed E-state index contributed by atoms with van der Waals surface area (Å²) in [4.78, 5) is 3.82. The summed E-state index contributed by atoms with van der Waals surface area (Å²) in [6, 6.07) is 1.46. The van der Waals surface area contributed by atoms with Gasteiger partial charge in [-0.15, -0.1) is 0 Å². The molecule has 2 heterocycles. The fourth-order valence-corrected chi connectivity index (χ4v) is 3.97. The van der Waals surface area contributed by atoms with Crippen LogP contribution in [0.25, 0.3) is 0 Å². The number of nitrogens with zero attached hydrogens (tertiary/aromatic N) is 2. The Morgan fingerprint density at radius 1 is 1.56 bits per heavy atom. The summed E-state index contributed by atoms with van der Waals surface area (Å²) in [6.45, 7) is 2.44. The number of sulfonamides is 1. The first-order valence-corrected chi connectivity index (χ1v) is 7.52. The number of halogens is 1. The molecule has 1 N–H and O–H groups in total. The first kappa shape index (κ1) is 13.7. The van der Waals surface area contributed by atoms with Crippen molar-refractivity contribution in [3.05, 3.63) is 23.5 Å². The van der Waals surface area contributed by atoms with Gasteiger partial charge in [-0.05, 0) is 18.4 Å². The Bertz CT molecular complexity index is 535. The van der Waals surface area contributed by atoms with E-state index in [1.54, 1.807) is 0 Å². The SMILES string of the molecule is CC1CN(S(=O)(=O)c2cnccc2Cl)CCC1O. The highest BCUT2D eigenvalue weighted by molar-refractivity contribution is 7.89. The quantitative estimate of drug-likeness (QED) is 0.886. The molecule has 100 valence electrons. The van der Waals surface area contributed by atoms with Gasteiger partial charge in [0.15, 0.2) is 0 Å². The third-order valence-electron chi connectivity index (χ3n) is 3.17. The minimum absolute atomic E-state index is 0.0234. The van der Waals surface area contributed by atoms with E-state index in [-0.39, 0.29) is 15.8 Å². The van der Waals surface area contributed by atoms with Crippen molar-refractivity contribution in [3.8, 4) is 0 Å². The van der Waals surface area contributed by atoms with Crippen LogP contribution in [0, 0.1) is 5.92 Å². The maximum atomic E-state index is 12.4. The van der Waals surface area contributed by atoms with Gasteiger partial charge in [-0.1, -0.05) is 18.5 Å². The second-order valence-corrected chi connectivity index (χ2v) is 6.82. The molecule has 7 heteroatoms. The third kappa shape index (κ3) is 2.51. The molecule has 1 fully saturated rings. The highest BCUT2D eigenvalue weighted by atomic mass is 35.5. The van der Waals surface area contributed by atoms with Crippen LogP contribution in [0.4, 0.5) is 0 Å². The number of aromatic nitrogens is 1. The smallest absolute Gasteiger partial charge is 0.246 e. The Morgan fingerprint density at radius 3 is 2.89 bits per heavy atom. The largest absolute Gasteiger partial charge is 0.393 e. The molecule has 0 aliphatic carbocycles. The van der Waals surface area contributed by atoms with Gasteiger partial charge in [0.2, 0.25) is 10.0 Å². The van der Waals surface area contributed by atoms with Gasteiger partial charge in [0.25, 0.3) is 0 Å². The van der Waals surface area contributed by atoms with Crippen LogP contribution in [-0.2, 0) is 10.0 Å². The first-order valence-electron chi connectivity index (χ1n) is 5.70. The van der Waals surface area contributed by atoms with Crippen LogP contribution in [-0.4, -0.2) is 42.0 Å². The zero-order chi connectivity index (χ0) is 13.3. The van der Waals surface area contributed by atoms with Crippen LogP contribution in [0.5, 0.6) is 0 Å². The number of aliphatic hydroxyl groups excluding tert-OH is 1. The number of aliphatic hydroxyl groups is 1. The van der Waals surface area contributed by atoms with E-state index in [4.69, 9.17) is 11.6 Å². The van der Waals surface area contributed by atoms with E-state index >= 15 is 0 Å². The van der Waals surface area contributed by atoms with Gasteiger partial charge in [-0.25, -0.2) is 8.42 Å². The molecular formula is C11H15ClN2O3S. The molecular weight excluding hydrogens is 276 g/mol. The number of hydrogen-bond donors (Lipinski definition) is 1. The van der Waals surface area contributed by atoms with Crippen LogP contribution >= 0.6 is 11.6 Å². The van der Waals surface area contributed by atoms with Gasteiger partial charge in [0, 0.05) is 25.5 Å². The van der Waals surface area contributed by atoms with Gasteiger partial charge >= 0.3 is 0 Å². The molecule has 2 rings (SSSR count). The number of piperidine rings is 1. The van der Waals surface area contributed by atoms with Crippen molar-refractivity contribution in [1.29, 1.82) is 0 Å². The summed E-state index contributed by atoms with van der Waals surface area (Å²) in [7, 11) is -3.62. The van der Waals surface area contributed by atoms with Crippen LogP contribution in [0.3, 0.4) is 0 Å². The molecule has 1 aromatic heterocycles. The lowest BCUT2D eigenvalue weighted by Crippen LogP contribution is -2.44. The van der Waals surface area contributed by atoms with Gasteiger partial charge in [0.1, 0.15) is 4.90 Å². The normalized spacial score (nSPS) is 26.2. The summed E-state index contributed by atoms with van der Waals surface area (Å²) >= 11 is 5.90. The average molecular weight is 291 g/mol. The highest BCUT2D eigenvalue weighted by Gasteiger charge is 2.33. The van der Waals surface area contributed by atoms with Crippen molar-refractivity contribution in [2.24, 2.45) is 5.92 Å². The van der Waals surface area contributed by atoms with Crippen molar-refractivity contribution >= 4 is 21.6 Å². The third-order valence-corrected chi connectivity index (χ3v) is 5.51. The summed E-state index contributed by atoms with van der Waals surface area (Å²) in [5, 5.41) is 9.80. The predicted molar refractivity (Wildman–Crippen MR) is 67.8 cm³/mol. The molecule has 0 bridgehead atoms. The molecule has 2 unspecified atom stereocenters. The van der Waals surface area contributed by atoms with E-state index in [2.05, 4.69) is 4.98 Å². The standard InChI is InChI=1S/C11H15ClN2O3S/c1-8-7-14(5-3-10(8)15)18(16,17)11-6-13-4-2-9(11)12/h2,4,6,8,10,15H,3,5,7H2,1H3. The second-order valence-electron chi connectivity index (χ2n) is 4.50. The van der Waals surface area contributed by atoms with Gasteiger partial charge in [0.05, 0.1) is 11.1 Å². The van der Waals surface area contributed by atoms with E-state index < -0.39 is 16.1 Å². The fraction of sp³-hybridized carbons (Fsp3) is 0.545. The molecule has 1 aliphatic rings. The Hall–Kier alpha value is -0.690. The zero-order valence-corrected chi connectivity index (χ0v) is 11.5. The molecule has 1 aliphatic heterocycles. The van der Waals surface area contributed by atoms with Crippen molar-refractivity contribution in [2.75, 3.05) is 13.1 Å². The van der Waals surface area contributed by atoms with Crippen molar-refractivity contribution in [1.82, 2.24) is 9.29 Å². The number of rotatable bonds is 2. The molecule has 18 heavy (non-hydrogen) atoms. The maximum Gasteiger partial charge on any atom is 0.246 e. The summed E-state index contributed by atoms with van der Waals surface area (Å²) < 4.78 is 26.1. The van der Waals surface area contributed by atoms with Crippen LogP contribution in [0.15, 0.2) is 23.4 Å². The minimum atomic E-state index is -3.62. The topological polar surface area (TPSA) is 70.5 Å². The lowest BCUT2D eigenvalue weighted by molar-refractivity contribution is 0.0628. The molecule has 0 aromatic carbocycles. The van der Waals surface area contributed by atoms with Crippen LogP contribution < -0.4 is 0 Å². The van der Waals surface area contributed by atoms with Gasteiger partial charge in [-0.2, -0.15) is 4.31 Å². The molecule has 1 aromatic rings. The summed E-state index contributed by atoms with van der Waals surface area (Å²) in [5.74, 6) is -0.0797. The highest BCUT2D eigenvalue weighted by Crippen LogP contribution is 2.27. The maximum absolute atomic E-state index is 12.4. The number of pyridine rings is 1. The van der Waals surface area contributed by atoms with E-state index in [1.807, 2.05) is 6.92 Å². The zero-order valence-electron chi connectivity index (χ0n) is 9.95. The molecule has 5 nitrogen and oxygen atoms in total. The predicted octanol–water partition coefficient (Wildman–Crippen LogP) is 1.13. The van der Waals surface area contributed by atoms with Crippen molar-refractivity contribution < 1.29 is 13.5 Å². The van der Waals surface area contributed by atoms with Crippen molar-refractivity contribution in [3.63, 3.8) is 0 Å². The van der Waals surface area contributed by atoms with E-state index in [0.29, 0.717) is 19.5 Å². The van der Waals surface area contributed by atoms with Gasteiger partial charge in [-0.3, -0.25) is 4.98 Å². The minimum Gasteiger partial charge on any atom is -0.393 e. The Morgan fingerprint density at radius 2 is 2.28 bits per heavy atom. The molecule has 2 atom stereocenters. The molecule has 0 saturated carbocycles. The Balaban J connectivity index is 2.30. The monoisotopic (exact) mass is 290 g/mol. The second kappa shape index (κ2) is 5.13. The summed E-state index contributed by atoms with van der Waals surface area (Å²) in [5.41, 5.74) is 0. The van der Waals surface area contributed by atoms with E-state index in [9.17, 15) is 13.5 Å². The summed E-state index contributed by atoms with van der Waals surface area (Å²) in [6.07, 6.45) is 2.70. The lowest BCUT2D eigenvalue weighted by Gasteiger charge is -2.33. The molecule has 1 saturated heterocycles. The van der Waals surface area contributed by atoms with Gasteiger partial charge < -0.3 is 5.11 Å². The molecule has 0 radical (unpaired) electrons. The fourth-order valence-electron chi connectivity index (χ4n) is 2.01. The van der Waals surface area contributed by atoms with Crippen molar-refractivity contribution in [2.45, 2.75) is 24.3 Å². The average Bonchev–Trinajstić information content (AvgIpc) is 2.33. The Kier molecular flexibility index (Phi) is 3.91.